The number of hydrogen-bond donors (Lipinski definition) is 2. The molecule has 1 heterocycles. The number of nitrogens with one attached hydrogen (secondary N) is 2. The molecular formula is C19H21N5O. The van der Waals surface area contributed by atoms with E-state index in [1.54, 1.807) is 6.20 Å². The zero-order chi connectivity index (χ0) is 17.5. The number of para-hydroxylation sites is 3. The Bertz CT molecular complexity index is 810. The van der Waals surface area contributed by atoms with Gasteiger partial charge in [-0.15, -0.1) is 5.10 Å². The van der Waals surface area contributed by atoms with Crippen LogP contribution in [0, 0.1) is 0 Å². The van der Waals surface area contributed by atoms with Crippen LogP contribution in [0.4, 0.5) is 17.5 Å². The van der Waals surface area contributed by atoms with E-state index in [1.165, 1.54) is 0 Å². The number of benzene rings is 2. The van der Waals surface area contributed by atoms with E-state index < -0.39 is 0 Å². The van der Waals surface area contributed by atoms with Gasteiger partial charge in [0.1, 0.15) is 5.75 Å². The smallest absolute Gasteiger partial charge is 0.244 e. The molecule has 2 N–H and O–H groups in total. The van der Waals surface area contributed by atoms with Crippen LogP contribution in [0.5, 0.6) is 11.5 Å². The summed E-state index contributed by atoms with van der Waals surface area (Å²) in [6.45, 7) is 4.18. The fourth-order valence-electron chi connectivity index (χ4n) is 2.16. The maximum Gasteiger partial charge on any atom is 0.244 e. The highest BCUT2D eigenvalue weighted by molar-refractivity contribution is 5.64. The molecule has 0 fully saturated rings. The van der Waals surface area contributed by atoms with Crippen molar-refractivity contribution >= 4 is 17.5 Å². The third-order valence-corrected chi connectivity index (χ3v) is 3.67. The van der Waals surface area contributed by atoms with Gasteiger partial charge in [-0.25, -0.2) is 0 Å². The van der Waals surface area contributed by atoms with Gasteiger partial charge in [0.05, 0.1) is 11.9 Å². The summed E-state index contributed by atoms with van der Waals surface area (Å²) in [7, 11) is 0. The minimum atomic E-state index is 0.283. The molecule has 0 aliphatic heterocycles. The molecule has 1 atom stereocenters. The van der Waals surface area contributed by atoms with Gasteiger partial charge in [0.25, 0.3) is 0 Å². The Balaban J connectivity index is 1.78. The fraction of sp³-hybridized carbons (Fsp3) is 0.211. The van der Waals surface area contributed by atoms with Gasteiger partial charge in [0, 0.05) is 6.04 Å². The van der Waals surface area contributed by atoms with Crippen LogP contribution in [0.2, 0.25) is 0 Å². The molecule has 0 spiro atoms. The molecule has 0 bridgehead atoms. The molecule has 25 heavy (non-hydrogen) atoms. The van der Waals surface area contributed by atoms with E-state index in [-0.39, 0.29) is 6.04 Å². The molecular weight excluding hydrogens is 314 g/mol. The second-order valence-electron chi connectivity index (χ2n) is 5.66. The number of rotatable bonds is 7. The van der Waals surface area contributed by atoms with Gasteiger partial charge in [0.15, 0.2) is 11.6 Å². The molecule has 0 saturated carbocycles. The monoisotopic (exact) mass is 335 g/mol. The Morgan fingerprint density at radius 2 is 1.80 bits per heavy atom. The first-order chi connectivity index (χ1) is 12.2. The molecule has 3 aromatic rings. The Labute approximate surface area is 147 Å². The molecule has 2 aromatic carbocycles. The largest absolute Gasteiger partial charge is 0.455 e. The van der Waals surface area contributed by atoms with Gasteiger partial charge in [-0.3, -0.25) is 0 Å². The summed E-state index contributed by atoms with van der Waals surface area (Å²) in [6.07, 6.45) is 2.57. The van der Waals surface area contributed by atoms with E-state index >= 15 is 0 Å². The lowest BCUT2D eigenvalue weighted by atomic mass is 10.3. The highest BCUT2D eigenvalue weighted by atomic mass is 16.5. The van der Waals surface area contributed by atoms with Gasteiger partial charge >= 0.3 is 0 Å². The number of hydrogen-bond acceptors (Lipinski definition) is 6. The van der Waals surface area contributed by atoms with Crippen molar-refractivity contribution in [3.8, 4) is 11.5 Å². The highest BCUT2D eigenvalue weighted by Crippen LogP contribution is 2.30. The van der Waals surface area contributed by atoms with Crippen LogP contribution in [-0.4, -0.2) is 21.2 Å². The first kappa shape index (κ1) is 16.7. The second kappa shape index (κ2) is 8.10. The lowest BCUT2D eigenvalue weighted by molar-refractivity contribution is 0.485. The molecule has 0 aliphatic carbocycles. The van der Waals surface area contributed by atoms with Crippen molar-refractivity contribution in [3.05, 3.63) is 60.8 Å². The van der Waals surface area contributed by atoms with Crippen molar-refractivity contribution in [2.75, 3.05) is 10.6 Å². The summed E-state index contributed by atoms with van der Waals surface area (Å²) >= 11 is 0. The SMILES string of the molecule is CCC(C)Nc1nncc(Nc2ccccc2Oc2ccccc2)n1. The van der Waals surface area contributed by atoms with Gasteiger partial charge in [-0.1, -0.05) is 37.3 Å². The third kappa shape index (κ3) is 4.67. The van der Waals surface area contributed by atoms with Crippen molar-refractivity contribution in [3.63, 3.8) is 0 Å². The van der Waals surface area contributed by atoms with Crippen molar-refractivity contribution in [1.82, 2.24) is 15.2 Å². The summed E-state index contributed by atoms with van der Waals surface area (Å²) in [6, 6.07) is 17.6. The number of ether oxygens (including phenoxy) is 1. The van der Waals surface area contributed by atoms with Crippen molar-refractivity contribution in [2.24, 2.45) is 0 Å². The molecule has 6 heteroatoms. The molecule has 0 saturated heterocycles. The van der Waals surface area contributed by atoms with E-state index in [0.29, 0.717) is 17.5 Å². The van der Waals surface area contributed by atoms with Gasteiger partial charge in [-0.05, 0) is 37.6 Å². The summed E-state index contributed by atoms with van der Waals surface area (Å²) in [5.41, 5.74) is 0.807. The number of anilines is 3. The normalized spacial score (nSPS) is 11.6. The number of aromatic nitrogens is 3. The molecule has 3 rings (SSSR count). The standard InChI is InChI=1S/C19H21N5O/c1-3-14(2)21-19-23-18(13-20-24-19)22-16-11-7-8-12-17(16)25-15-9-5-4-6-10-15/h4-14H,3H2,1-2H3,(H2,21,22,23,24). The van der Waals surface area contributed by atoms with Gasteiger partial charge < -0.3 is 15.4 Å². The Hall–Kier alpha value is -3.15. The molecule has 1 unspecified atom stereocenters. The van der Waals surface area contributed by atoms with Gasteiger partial charge in [-0.2, -0.15) is 10.1 Å². The summed E-state index contributed by atoms with van der Waals surface area (Å²) in [4.78, 5) is 4.45. The Kier molecular flexibility index (Phi) is 5.41. The second-order valence-corrected chi connectivity index (χ2v) is 5.66. The Morgan fingerprint density at radius 3 is 2.60 bits per heavy atom. The predicted octanol–water partition coefficient (Wildman–Crippen LogP) is 4.62. The van der Waals surface area contributed by atoms with Gasteiger partial charge in [0.2, 0.25) is 5.95 Å². The van der Waals surface area contributed by atoms with Crippen LogP contribution < -0.4 is 15.4 Å². The zero-order valence-electron chi connectivity index (χ0n) is 14.3. The third-order valence-electron chi connectivity index (χ3n) is 3.67. The summed E-state index contributed by atoms with van der Waals surface area (Å²) < 4.78 is 5.95. The minimum Gasteiger partial charge on any atom is -0.455 e. The van der Waals surface area contributed by atoms with Crippen molar-refractivity contribution < 1.29 is 4.74 Å². The first-order valence-electron chi connectivity index (χ1n) is 8.30. The van der Waals surface area contributed by atoms with Crippen molar-refractivity contribution in [2.45, 2.75) is 26.3 Å². The molecule has 128 valence electrons. The van der Waals surface area contributed by atoms with Crippen LogP contribution >= 0.6 is 0 Å². The van der Waals surface area contributed by atoms with Crippen LogP contribution in [0.3, 0.4) is 0 Å². The molecule has 0 radical (unpaired) electrons. The average molecular weight is 335 g/mol. The molecule has 1 aromatic heterocycles. The van der Waals surface area contributed by atoms with E-state index in [4.69, 9.17) is 4.74 Å². The van der Waals surface area contributed by atoms with Crippen LogP contribution in [0.15, 0.2) is 60.8 Å². The summed E-state index contributed by atoms with van der Waals surface area (Å²) in [5, 5.41) is 14.5. The van der Waals surface area contributed by atoms with E-state index in [1.807, 2.05) is 54.6 Å². The van der Waals surface area contributed by atoms with E-state index in [9.17, 15) is 0 Å². The zero-order valence-corrected chi connectivity index (χ0v) is 14.3. The first-order valence-corrected chi connectivity index (χ1v) is 8.30. The average Bonchev–Trinajstić information content (AvgIpc) is 2.64. The quantitative estimate of drug-likeness (QED) is 0.656. The maximum atomic E-state index is 5.95. The summed E-state index contributed by atoms with van der Waals surface area (Å²) in [5.74, 6) is 2.59. The lowest BCUT2D eigenvalue weighted by Crippen LogP contribution is -2.16. The lowest BCUT2D eigenvalue weighted by Gasteiger charge is -2.14. The highest BCUT2D eigenvalue weighted by Gasteiger charge is 2.08. The minimum absolute atomic E-state index is 0.283. The topological polar surface area (TPSA) is 72.0 Å². The number of nitrogens with zero attached hydrogens (tertiary/aromatic N) is 3. The van der Waals surface area contributed by atoms with Crippen LogP contribution in [0.25, 0.3) is 0 Å². The molecule has 6 nitrogen and oxygen atoms in total. The predicted molar refractivity (Wildman–Crippen MR) is 99.4 cm³/mol. The van der Waals surface area contributed by atoms with E-state index in [0.717, 1.165) is 17.9 Å². The molecule has 0 amide bonds. The maximum absolute atomic E-state index is 5.95. The van der Waals surface area contributed by atoms with Crippen molar-refractivity contribution in [1.29, 1.82) is 0 Å². The van der Waals surface area contributed by atoms with E-state index in [2.05, 4.69) is 39.7 Å². The fourth-order valence-corrected chi connectivity index (χ4v) is 2.16. The van der Waals surface area contributed by atoms with Crippen LogP contribution in [-0.2, 0) is 0 Å². The molecule has 0 aliphatic rings. The Morgan fingerprint density at radius 1 is 1.04 bits per heavy atom. The van der Waals surface area contributed by atoms with Crippen LogP contribution in [0.1, 0.15) is 20.3 Å².